The van der Waals surface area contributed by atoms with Gasteiger partial charge in [-0.1, -0.05) is 0 Å². The van der Waals surface area contributed by atoms with E-state index in [4.69, 9.17) is 0 Å². The lowest BCUT2D eigenvalue weighted by Crippen LogP contribution is -2.26. The number of nitrogens with one attached hydrogen (secondary N) is 3. The lowest BCUT2D eigenvalue weighted by molar-refractivity contribution is -0.117. The summed E-state index contributed by atoms with van der Waals surface area (Å²) in [6.07, 6.45) is 2.54. The van der Waals surface area contributed by atoms with Crippen LogP contribution in [-0.2, 0) is 11.2 Å². The molecule has 106 valence electrons. The number of unbranched alkanes of at least 4 members (excludes halogenated alkanes) is 1. The van der Waals surface area contributed by atoms with E-state index in [0.717, 1.165) is 12.8 Å². The van der Waals surface area contributed by atoms with E-state index in [0.29, 0.717) is 18.5 Å². The van der Waals surface area contributed by atoms with Gasteiger partial charge < -0.3 is 14.8 Å². The van der Waals surface area contributed by atoms with Gasteiger partial charge in [-0.25, -0.2) is 4.79 Å². The van der Waals surface area contributed by atoms with Gasteiger partial charge in [0.05, 0.1) is 5.39 Å². The molecule has 3 N–H and O–H groups in total. The Labute approximate surface area is 113 Å². The molecular formula is C13H15N3O4. The minimum atomic E-state index is -0.706. The summed E-state index contributed by atoms with van der Waals surface area (Å²) < 4.78 is 0. The SMILES string of the molecule is CC(=O)CCCCc1cc2c(=O)[nH]c(=O)[nH]c2c(=O)[nH]1. The maximum atomic E-state index is 11.8. The normalized spacial score (nSPS) is 10.8. The Kier molecular flexibility index (Phi) is 3.97. The fourth-order valence-electron chi connectivity index (χ4n) is 2.06. The van der Waals surface area contributed by atoms with Gasteiger partial charge in [0.2, 0.25) is 0 Å². The third-order valence-electron chi connectivity index (χ3n) is 3.02. The molecule has 0 radical (unpaired) electrons. The molecule has 7 heteroatoms. The summed E-state index contributed by atoms with van der Waals surface area (Å²) in [5, 5.41) is 0.162. The first-order chi connectivity index (χ1) is 9.47. The summed E-state index contributed by atoms with van der Waals surface area (Å²) >= 11 is 0. The van der Waals surface area contributed by atoms with Crippen molar-refractivity contribution in [3.8, 4) is 0 Å². The molecule has 2 aromatic rings. The van der Waals surface area contributed by atoms with E-state index in [1.54, 1.807) is 6.07 Å². The summed E-state index contributed by atoms with van der Waals surface area (Å²) in [7, 11) is 0. The number of carbonyl (C=O) groups is 1. The summed E-state index contributed by atoms with van der Waals surface area (Å²) in [6.45, 7) is 1.54. The highest BCUT2D eigenvalue weighted by atomic mass is 16.2. The van der Waals surface area contributed by atoms with Crippen molar-refractivity contribution in [2.24, 2.45) is 0 Å². The predicted molar refractivity (Wildman–Crippen MR) is 74.0 cm³/mol. The number of aryl methyl sites for hydroxylation is 1. The van der Waals surface area contributed by atoms with Crippen LogP contribution in [0.3, 0.4) is 0 Å². The monoisotopic (exact) mass is 277 g/mol. The molecular weight excluding hydrogens is 262 g/mol. The summed E-state index contributed by atoms with van der Waals surface area (Å²) in [6, 6.07) is 1.55. The van der Waals surface area contributed by atoms with E-state index < -0.39 is 16.8 Å². The van der Waals surface area contributed by atoms with Crippen LogP contribution in [0.5, 0.6) is 0 Å². The average molecular weight is 277 g/mol. The number of hydrogen-bond acceptors (Lipinski definition) is 4. The molecule has 0 spiro atoms. The number of rotatable bonds is 5. The molecule has 0 saturated carbocycles. The van der Waals surface area contributed by atoms with Crippen molar-refractivity contribution < 1.29 is 4.79 Å². The lowest BCUT2D eigenvalue weighted by Gasteiger charge is -2.03. The molecule has 0 bridgehead atoms. The first-order valence-electron chi connectivity index (χ1n) is 6.35. The highest BCUT2D eigenvalue weighted by molar-refractivity contribution is 5.76. The van der Waals surface area contributed by atoms with E-state index in [9.17, 15) is 19.2 Å². The Morgan fingerprint density at radius 2 is 1.80 bits per heavy atom. The molecule has 0 amide bonds. The maximum Gasteiger partial charge on any atom is 0.326 e. The summed E-state index contributed by atoms with van der Waals surface area (Å²) in [5.74, 6) is 0.131. The summed E-state index contributed by atoms with van der Waals surface area (Å²) in [4.78, 5) is 52.4. The second-order valence-corrected chi connectivity index (χ2v) is 4.73. The molecule has 0 aliphatic rings. The largest absolute Gasteiger partial charge is 0.326 e. The van der Waals surface area contributed by atoms with Crippen molar-refractivity contribution in [1.29, 1.82) is 0 Å². The Hall–Kier alpha value is -2.44. The zero-order valence-corrected chi connectivity index (χ0v) is 11.0. The molecule has 0 aliphatic heterocycles. The van der Waals surface area contributed by atoms with Crippen LogP contribution in [-0.4, -0.2) is 20.7 Å². The minimum absolute atomic E-state index is 0.0220. The van der Waals surface area contributed by atoms with Gasteiger partial charge in [-0.2, -0.15) is 0 Å². The van der Waals surface area contributed by atoms with Crippen LogP contribution < -0.4 is 16.8 Å². The Morgan fingerprint density at radius 3 is 2.50 bits per heavy atom. The molecule has 2 rings (SSSR count). The standard InChI is InChI=1S/C13H15N3O4/c1-7(17)4-2-3-5-8-6-9-10(12(19)14-8)15-13(20)16-11(9)18/h6H,2-5H2,1H3,(H,14,19)(H2,15,16,18,20). The van der Waals surface area contributed by atoms with Gasteiger partial charge in [0.15, 0.2) is 0 Å². The van der Waals surface area contributed by atoms with Crippen molar-refractivity contribution in [3.05, 3.63) is 43.0 Å². The van der Waals surface area contributed by atoms with Crippen LogP contribution in [0.4, 0.5) is 0 Å². The van der Waals surface area contributed by atoms with Gasteiger partial charge in [0, 0.05) is 12.1 Å². The molecule has 0 saturated heterocycles. The van der Waals surface area contributed by atoms with E-state index in [2.05, 4.69) is 15.0 Å². The number of Topliss-reactive ketones (excluding diaryl/α,β-unsaturated/α-hetero) is 1. The van der Waals surface area contributed by atoms with Crippen LogP contribution in [0.25, 0.3) is 10.9 Å². The molecule has 7 nitrogen and oxygen atoms in total. The van der Waals surface area contributed by atoms with Crippen molar-refractivity contribution in [3.63, 3.8) is 0 Å². The Morgan fingerprint density at radius 1 is 1.05 bits per heavy atom. The topological polar surface area (TPSA) is 116 Å². The van der Waals surface area contributed by atoms with Gasteiger partial charge in [-0.3, -0.25) is 14.6 Å². The second kappa shape index (κ2) is 5.68. The van der Waals surface area contributed by atoms with Crippen molar-refractivity contribution in [2.75, 3.05) is 0 Å². The third-order valence-corrected chi connectivity index (χ3v) is 3.02. The molecule has 2 aromatic heterocycles. The van der Waals surface area contributed by atoms with Crippen LogP contribution in [0.2, 0.25) is 0 Å². The highest BCUT2D eigenvalue weighted by Gasteiger charge is 2.07. The summed E-state index contributed by atoms with van der Waals surface area (Å²) in [5.41, 5.74) is -1.19. The highest BCUT2D eigenvalue weighted by Crippen LogP contribution is 2.06. The average Bonchev–Trinajstić information content (AvgIpc) is 2.36. The van der Waals surface area contributed by atoms with E-state index in [-0.39, 0.29) is 16.7 Å². The van der Waals surface area contributed by atoms with Crippen LogP contribution >= 0.6 is 0 Å². The molecule has 0 aliphatic carbocycles. The quantitative estimate of drug-likeness (QED) is 0.677. The Balaban J connectivity index is 2.29. The van der Waals surface area contributed by atoms with E-state index >= 15 is 0 Å². The predicted octanol–water partition coefficient (Wildman–Crippen LogP) is 0.207. The van der Waals surface area contributed by atoms with Crippen molar-refractivity contribution >= 4 is 16.7 Å². The fourth-order valence-corrected chi connectivity index (χ4v) is 2.06. The first kappa shape index (κ1) is 14.0. The van der Waals surface area contributed by atoms with Crippen molar-refractivity contribution in [2.45, 2.75) is 32.6 Å². The first-order valence-corrected chi connectivity index (χ1v) is 6.35. The van der Waals surface area contributed by atoms with Gasteiger partial charge in [0.25, 0.3) is 11.1 Å². The van der Waals surface area contributed by atoms with Crippen molar-refractivity contribution in [1.82, 2.24) is 15.0 Å². The maximum absolute atomic E-state index is 11.8. The number of carbonyl (C=O) groups excluding carboxylic acids is 1. The number of pyridine rings is 1. The van der Waals surface area contributed by atoms with Gasteiger partial charge in [0.1, 0.15) is 11.3 Å². The lowest BCUT2D eigenvalue weighted by atomic mass is 10.1. The number of hydrogen-bond donors (Lipinski definition) is 3. The fraction of sp³-hybridized carbons (Fsp3) is 0.385. The number of ketones is 1. The Bertz CT molecular complexity index is 813. The molecule has 0 unspecified atom stereocenters. The smallest absolute Gasteiger partial charge is 0.324 e. The molecule has 0 atom stereocenters. The number of aromatic amines is 3. The number of fused-ring (bicyclic) bond motifs is 1. The third kappa shape index (κ3) is 3.11. The zero-order valence-electron chi connectivity index (χ0n) is 11.0. The van der Waals surface area contributed by atoms with Crippen LogP contribution in [0.15, 0.2) is 20.4 Å². The second-order valence-electron chi connectivity index (χ2n) is 4.73. The van der Waals surface area contributed by atoms with Gasteiger partial charge in [-0.05, 0) is 32.3 Å². The molecule has 20 heavy (non-hydrogen) atoms. The molecule has 0 aromatic carbocycles. The number of aromatic nitrogens is 3. The van der Waals surface area contributed by atoms with Crippen LogP contribution in [0, 0.1) is 0 Å². The number of H-pyrrole nitrogens is 3. The van der Waals surface area contributed by atoms with Gasteiger partial charge in [-0.15, -0.1) is 0 Å². The molecule has 0 fully saturated rings. The molecule has 2 heterocycles. The van der Waals surface area contributed by atoms with E-state index in [1.165, 1.54) is 6.92 Å². The van der Waals surface area contributed by atoms with Crippen LogP contribution in [0.1, 0.15) is 31.9 Å². The zero-order chi connectivity index (χ0) is 14.7. The minimum Gasteiger partial charge on any atom is -0.324 e. The van der Waals surface area contributed by atoms with E-state index in [1.807, 2.05) is 0 Å². The van der Waals surface area contributed by atoms with Gasteiger partial charge >= 0.3 is 5.69 Å².